The summed E-state index contributed by atoms with van der Waals surface area (Å²) in [4.78, 5) is 28.2. The fourth-order valence-corrected chi connectivity index (χ4v) is 2.36. The number of thiophene rings is 1. The number of Topliss-reactive ketones (excluding diaryl/α,β-unsaturated/α-hetero) is 2. The number of ketones is 2. The maximum Gasteiger partial charge on any atom is 0.181 e. The van der Waals surface area contributed by atoms with E-state index in [-0.39, 0.29) is 24.4 Å². The lowest BCUT2D eigenvalue weighted by Gasteiger charge is -2.03. The van der Waals surface area contributed by atoms with Crippen LogP contribution >= 0.6 is 11.3 Å². The topological polar surface area (TPSA) is 46.5 Å². The Bertz CT molecular complexity index is 524. The van der Waals surface area contributed by atoms with Gasteiger partial charge in [-0.3, -0.25) is 14.6 Å². The third kappa shape index (κ3) is 4.41. The number of rotatable bonds is 7. The number of nitrogens with zero attached hydrogens (tertiary/aromatic N) is 1. The average Bonchev–Trinajstić information content (AvgIpc) is 2.91. The van der Waals surface area contributed by atoms with Crippen LogP contribution in [0.15, 0.2) is 45.9 Å². The average molecular weight is 275 g/mol. The van der Waals surface area contributed by atoms with Gasteiger partial charge in [-0.1, -0.05) is 18.2 Å². The van der Waals surface area contributed by atoms with Crippen molar-refractivity contribution in [1.82, 2.24) is 0 Å². The van der Waals surface area contributed by atoms with Gasteiger partial charge in [-0.2, -0.15) is 0 Å². The van der Waals surface area contributed by atoms with Gasteiger partial charge in [-0.05, 0) is 37.6 Å². The molecule has 3 nitrogen and oxygen atoms in total. The first-order valence-electron chi connectivity index (χ1n) is 6.00. The quantitative estimate of drug-likeness (QED) is 0.328. The summed E-state index contributed by atoms with van der Waals surface area (Å²) in [6.45, 7) is 7.10. The molecule has 0 aliphatic heterocycles. The molecule has 0 aliphatic rings. The van der Waals surface area contributed by atoms with Gasteiger partial charge in [0.1, 0.15) is 5.70 Å². The molecule has 0 aliphatic carbocycles. The van der Waals surface area contributed by atoms with E-state index in [0.717, 1.165) is 5.57 Å². The minimum absolute atomic E-state index is 0.00421. The highest BCUT2D eigenvalue weighted by Crippen LogP contribution is 2.15. The molecule has 0 saturated carbocycles. The Morgan fingerprint density at radius 3 is 2.68 bits per heavy atom. The van der Waals surface area contributed by atoms with E-state index in [1.54, 1.807) is 6.07 Å². The van der Waals surface area contributed by atoms with Gasteiger partial charge in [-0.25, -0.2) is 0 Å². The Morgan fingerprint density at radius 1 is 1.42 bits per heavy atom. The second-order valence-corrected chi connectivity index (χ2v) is 4.96. The zero-order valence-corrected chi connectivity index (χ0v) is 12.0. The molecule has 0 N–H and O–H groups in total. The molecule has 0 saturated heterocycles. The van der Waals surface area contributed by atoms with Gasteiger partial charge in [0.2, 0.25) is 0 Å². The maximum absolute atomic E-state index is 12.0. The lowest BCUT2D eigenvalue weighted by Crippen LogP contribution is -2.06. The summed E-state index contributed by atoms with van der Waals surface area (Å²) in [6, 6.07) is 3.59. The van der Waals surface area contributed by atoms with Crippen molar-refractivity contribution in [2.45, 2.75) is 26.7 Å². The molecule has 19 heavy (non-hydrogen) atoms. The van der Waals surface area contributed by atoms with Crippen LogP contribution in [0.1, 0.15) is 36.4 Å². The molecule has 100 valence electrons. The fraction of sp³-hybridized carbons (Fsp3) is 0.267. The van der Waals surface area contributed by atoms with Crippen LogP contribution in [0.5, 0.6) is 0 Å². The third-order valence-corrected chi connectivity index (χ3v) is 3.50. The van der Waals surface area contributed by atoms with Gasteiger partial charge in [0.05, 0.1) is 4.88 Å². The van der Waals surface area contributed by atoms with Crippen molar-refractivity contribution in [3.05, 3.63) is 45.8 Å². The number of carbonyl (C=O) groups excluding carboxylic acids is 2. The van der Waals surface area contributed by atoms with Crippen LogP contribution in [0, 0.1) is 0 Å². The highest BCUT2D eigenvalue weighted by atomic mass is 32.1. The van der Waals surface area contributed by atoms with Crippen molar-refractivity contribution in [1.29, 1.82) is 0 Å². The Hall–Kier alpha value is -1.81. The normalized spacial score (nSPS) is 12.3. The summed E-state index contributed by atoms with van der Waals surface area (Å²) < 4.78 is 0. The Balaban J connectivity index is 2.67. The predicted octanol–water partition coefficient (Wildman–Crippen LogP) is 3.83. The predicted molar refractivity (Wildman–Crippen MR) is 80.0 cm³/mol. The molecule has 1 aromatic rings. The van der Waals surface area contributed by atoms with E-state index in [0.29, 0.717) is 10.6 Å². The molecular weight excluding hydrogens is 258 g/mol. The van der Waals surface area contributed by atoms with Gasteiger partial charge in [0.25, 0.3) is 0 Å². The highest BCUT2D eigenvalue weighted by Gasteiger charge is 2.14. The smallest absolute Gasteiger partial charge is 0.181 e. The zero-order chi connectivity index (χ0) is 14.3. The first kappa shape index (κ1) is 15.2. The van der Waals surface area contributed by atoms with Crippen LogP contribution in [0.3, 0.4) is 0 Å². The molecule has 0 spiro atoms. The van der Waals surface area contributed by atoms with E-state index < -0.39 is 0 Å². The van der Waals surface area contributed by atoms with Gasteiger partial charge in [0.15, 0.2) is 11.6 Å². The molecular formula is C15H17NO2S. The van der Waals surface area contributed by atoms with Gasteiger partial charge < -0.3 is 0 Å². The Labute approximate surface area is 117 Å². The van der Waals surface area contributed by atoms with E-state index in [1.807, 2.05) is 37.4 Å². The van der Waals surface area contributed by atoms with Crippen molar-refractivity contribution >= 4 is 29.6 Å². The molecule has 1 heterocycles. The third-order valence-electron chi connectivity index (χ3n) is 2.59. The minimum Gasteiger partial charge on any atom is -0.293 e. The molecule has 0 bridgehead atoms. The van der Waals surface area contributed by atoms with E-state index in [1.165, 1.54) is 11.3 Å². The summed E-state index contributed by atoms with van der Waals surface area (Å²) in [7, 11) is 0. The van der Waals surface area contributed by atoms with Crippen molar-refractivity contribution in [3.8, 4) is 0 Å². The number of aliphatic imine (C=N–C) groups is 1. The summed E-state index contributed by atoms with van der Waals surface area (Å²) in [5.74, 6) is -0.147. The first-order valence-corrected chi connectivity index (χ1v) is 6.88. The van der Waals surface area contributed by atoms with Gasteiger partial charge in [0, 0.05) is 12.8 Å². The molecule has 0 aromatic carbocycles. The fourth-order valence-electron chi connectivity index (χ4n) is 1.67. The molecule has 0 atom stereocenters. The van der Waals surface area contributed by atoms with Crippen LogP contribution in [-0.2, 0) is 4.79 Å². The van der Waals surface area contributed by atoms with Crippen molar-refractivity contribution in [3.63, 3.8) is 0 Å². The summed E-state index contributed by atoms with van der Waals surface area (Å²) in [5.41, 5.74) is 1.11. The van der Waals surface area contributed by atoms with Crippen LogP contribution in [0.2, 0.25) is 0 Å². The SMILES string of the molecule is C=N/C(C(=O)CCC(=O)c1cccs1)=C(C)\C=C/C. The van der Waals surface area contributed by atoms with Crippen LogP contribution < -0.4 is 0 Å². The monoisotopic (exact) mass is 275 g/mol. The van der Waals surface area contributed by atoms with Crippen LogP contribution in [-0.4, -0.2) is 18.3 Å². The molecule has 1 rings (SSSR count). The minimum atomic E-state index is -0.143. The molecule has 1 aromatic heterocycles. The lowest BCUT2D eigenvalue weighted by molar-refractivity contribution is -0.115. The first-order chi connectivity index (χ1) is 9.10. The molecule has 4 heteroatoms. The number of carbonyl (C=O) groups is 2. The number of hydrogen-bond acceptors (Lipinski definition) is 4. The number of allylic oxidation sites excluding steroid dienone is 4. The molecule has 0 amide bonds. The molecule has 0 radical (unpaired) electrons. The van der Waals surface area contributed by atoms with E-state index in [9.17, 15) is 9.59 Å². The van der Waals surface area contributed by atoms with E-state index >= 15 is 0 Å². The van der Waals surface area contributed by atoms with Gasteiger partial charge in [-0.15, -0.1) is 11.3 Å². The van der Waals surface area contributed by atoms with E-state index in [4.69, 9.17) is 0 Å². The van der Waals surface area contributed by atoms with Crippen molar-refractivity contribution in [2.24, 2.45) is 4.99 Å². The summed E-state index contributed by atoms with van der Waals surface area (Å²) in [5, 5.41) is 1.85. The largest absolute Gasteiger partial charge is 0.293 e. The molecule has 0 fully saturated rings. The zero-order valence-electron chi connectivity index (χ0n) is 11.2. The summed E-state index contributed by atoms with van der Waals surface area (Å²) >= 11 is 1.39. The van der Waals surface area contributed by atoms with Crippen LogP contribution in [0.25, 0.3) is 0 Å². The highest BCUT2D eigenvalue weighted by molar-refractivity contribution is 7.12. The maximum atomic E-state index is 12.0. The van der Waals surface area contributed by atoms with Crippen molar-refractivity contribution < 1.29 is 9.59 Å². The Kier molecular flexibility index (Phi) is 6.09. The second kappa shape index (κ2) is 7.59. The number of hydrogen-bond donors (Lipinski definition) is 0. The lowest BCUT2D eigenvalue weighted by atomic mass is 10.1. The van der Waals surface area contributed by atoms with Gasteiger partial charge >= 0.3 is 0 Å². The molecule has 0 unspecified atom stereocenters. The van der Waals surface area contributed by atoms with Crippen molar-refractivity contribution in [2.75, 3.05) is 0 Å². The standard InChI is InChI=1S/C15H17NO2S/c1-4-6-11(2)15(16-3)13(18)9-8-12(17)14-7-5-10-19-14/h4-7,10H,3,8-9H2,1-2H3/b6-4-,15-11-. The second-order valence-electron chi connectivity index (χ2n) is 4.01. The van der Waals surface area contributed by atoms with E-state index in [2.05, 4.69) is 11.7 Å². The van der Waals surface area contributed by atoms with Crippen LogP contribution in [0.4, 0.5) is 0 Å². The Morgan fingerprint density at radius 2 is 2.16 bits per heavy atom. The summed E-state index contributed by atoms with van der Waals surface area (Å²) in [6.07, 6.45) is 4.02.